The highest BCUT2D eigenvalue weighted by molar-refractivity contribution is 6.32. The summed E-state index contributed by atoms with van der Waals surface area (Å²) in [6.45, 7) is 8.73. The van der Waals surface area contributed by atoms with Crippen molar-refractivity contribution in [3.05, 3.63) is 74.6 Å². The predicted octanol–water partition coefficient (Wildman–Crippen LogP) is 4.97. The quantitative estimate of drug-likeness (QED) is 0.419. The van der Waals surface area contributed by atoms with Crippen molar-refractivity contribution < 1.29 is 17.6 Å². The third kappa shape index (κ3) is 3.29. The number of halogens is 4. The Morgan fingerprint density at radius 1 is 1.27 bits per heavy atom. The molecule has 7 nitrogen and oxygen atoms in total. The van der Waals surface area contributed by atoms with Gasteiger partial charge in [-0.2, -0.15) is 18.3 Å². The van der Waals surface area contributed by atoms with E-state index < -0.39 is 23.4 Å². The second-order valence-corrected chi connectivity index (χ2v) is 6.62. The highest BCUT2D eigenvalue weighted by Gasteiger charge is 2.36. The summed E-state index contributed by atoms with van der Waals surface area (Å²) >= 11 is 6.08. The van der Waals surface area contributed by atoms with Gasteiger partial charge in [0.25, 0.3) is 0 Å². The minimum absolute atomic E-state index is 0.0385. The van der Waals surface area contributed by atoms with Gasteiger partial charge in [0.2, 0.25) is 5.89 Å². The Hall–Kier alpha value is -3.71. The molecule has 3 heterocycles. The molecule has 0 radical (unpaired) electrons. The van der Waals surface area contributed by atoms with Crippen molar-refractivity contribution in [2.45, 2.75) is 13.1 Å². The molecule has 0 unspecified atom stereocenters. The lowest BCUT2D eigenvalue weighted by molar-refractivity contribution is -0.141. The van der Waals surface area contributed by atoms with Gasteiger partial charge in [-0.1, -0.05) is 17.7 Å². The lowest BCUT2D eigenvalue weighted by atomic mass is 10.1. The monoisotopic (exact) mass is 431 g/mol. The van der Waals surface area contributed by atoms with Crippen LogP contribution in [0, 0.1) is 13.5 Å². The summed E-state index contributed by atoms with van der Waals surface area (Å²) < 4.78 is 46.0. The number of alkyl halides is 3. The maximum absolute atomic E-state index is 13.3. The van der Waals surface area contributed by atoms with Gasteiger partial charge in [-0.15, -0.1) is 0 Å². The second kappa shape index (κ2) is 6.96. The highest BCUT2D eigenvalue weighted by Crippen LogP contribution is 2.34. The summed E-state index contributed by atoms with van der Waals surface area (Å²) in [6, 6.07) is 6.46. The fourth-order valence-electron chi connectivity index (χ4n) is 2.87. The molecule has 0 N–H and O–H groups in total. The lowest BCUT2D eigenvalue weighted by Gasteiger charge is -2.08. The van der Waals surface area contributed by atoms with E-state index >= 15 is 0 Å². The summed E-state index contributed by atoms with van der Waals surface area (Å²) in [5.41, 5.74) is -1.43. The average Bonchev–Trinajstić information content (AvgIpc) is 3.14. The van der Waals surface area contributed by atoms with E-state index in [1.807, 2.05) is 0 Å². The Balaban J connectivity index is 2.03. The maximum atomic E-state index is 13.3. The highest BCUT2D eigenvalue weighted by atomic mass is 35.5. The molecule has 11 heteroatoms. The zero-order valence-corrected chi connectivity index (χ0v) is 15.8. The number of hydrogen-bond acceptors (Lipinski definition) is 5. The van der Waals surface area contributed by atoms with Gasteiger partial charge in [-0.05, 0) is 30.7 Å². The molecule has 30 heavy (non-hydrogen) atoms. The third-order valence-corrected chi connectivity index (χ3v) is 4.49. The van der Waals surface area contributed by atoms with Crippen molar-refractivity contribution in [2.75, 3.05) is 0 Å². The van der Waals surface area contributed by atoms with E-state index in [-0.39, 0.29) is 33.1 Å². The van der Waals surface area contributed by atoms with Crippen LogP contribution >= 0.6 is 11.6 Å². The summed E-state index contributed by atoms with van der Waals surface area (Å²) in [7, 11) is 0. The van der Waals surface area contributed by atoms with Crippen molar-refractivity contribution >= 4 is 28.2 Å². The number of nitrogens with zero attached hydrogens (tertiary/aromatic N) is 5. The molecule has 0 fully saturated rings. The first kappa shape index (κ1) is 19.6. The predicted molar refractivity (Wildman–Crippen MR) is 102 cm³/mol. The third-order valence-electron chi connectivity index (χ3n) is 4.20. The molecule has 0 aliphatic rings. The molecule has 0 atom stereocenters. The molecular weight excluding hydrogens is 423 g/mol. The van der Waals surface area contributed by atoms with Crippen LogP contribution < -0.4 is 5.63 Å². The van der Waals surface area contributed by atoms with E-state index in [2.05, 4.69) is 19.9 Å². The van der Waals surface area contributed by atoms with Gasteiger partial charge < -0.3 is 4.42 Å². The van der Waals surface area contributed by atoms with Crippen LogP contribution in [0.2, 0.25) is 5.02 Å². The first-order valence-corrected chi connectivity index (χ1v) is 8.68. The second-order valence-electron chi connectivity index (χ2n) is 6.21. The molecule has 0 bridgehead atoms. The summed E-state index contributed by atoms with van der Waals surface area (Å²) in [4.78, 5) is 24.0. The Kier molecular flexibility index (Phi) is 4.55. The fraction of sp³-hybridized carbons (Fsp3) is 0.105. The molecule has 0 saturated heterocycles. The minimum atomic E-state index is -4.77. The van der Waals surface area contributed by atoms with Crippen molar-refractivity contribution in [1.82, 2.24) is 19.7 Å². The zero-order valence-electron chi connectivity index (χ0n) is 15.0. The molecule has 0 aliphatic heterocycles. The standard InChI is InChI=1S/C19H9ClF3N5O2/c1-9-6-10(24-2)7-11-15(9)26-17(30-18(11)29)13-8-14(19(21,22)23)27-28(13)16-12(20)4-3-5-25-16/h3-8H,1H3. The van der Waals surface area contributed by atoms with Crippen molar-refractivity contribution in [3.63, 3.8) is 0 Å². The SMILES string of the molecule is [C-]#[N+]c1cc(C)c2nc(-c3cc(C(F)(F)F)nn3-c3ncccc3Cl)oc(=O)c2c1. The van der Waals surface area contributed by atoms with Gasteiger partial charge >= 0.3 is 11.8 Å². The van der Waals surface area contributed by atoms with Crippen LogP contribution in [0.15, 0.2) is 45.7 Å². The summed E-state index contributed by atoms with van der Waals surface area (Å²) in [5.74, 6) is -0.481. The molecule has 0 aliphatic carbocycles. The van der Waals surface area contributed by atoms with Crippen LogP contribution in [-0.4, -0.2) is 19.7 Å². The van der Waals surface area contributed by atoms with E-state index in [4.69, 9.17) is 22.6 Å². The van der Waals surface area contributed by atoms with Crippen LogP contribution in [0.5, 0.6) is 0 Å². The van der Waals surface area contributed by atoms with Crippen molar-refractivity contribution in [1.29, 1.82) is 0 Å². The van der Waals surface area contributed by atoms with Gasteiger partial charge in [-0.3, -0.25) is 0 Å². The van der Waals surface area contributed by atoms with E-state index in [1.54, 1.807) is 6.92 Å². The van der Waals surface area contributed by atoms with Crippen LogP contribution in [0.4, 0.5) is 18.9 Å². The van der Waals surface area contributed by atoms with E-state index in [1.165, 1.54) is 30.5 Å². The van der Waals surface area contributed by atoms with Crippen molar-refractivity contribution in [2.24, 2.45) is 0 Å². The van der Waals surface area contributed by atoms with Gasteiger partial charge in [0.1, 0.15) is 5.69 Å². The van der Waals surface area contributed by atoms with Gasteiger partial charge in [0, 0.05) is 12.3 Å². The molecule has 4 aromatic rings. The Bertz CT molecular complexity index is 1400. The molecule has 0 amide bonds. The number of fused-ring (bicyclic) bond motifs is 1. The Morgan fingerprint density at radius 2 is 2.03 bits per heavy atom. The Labute approximate surface area is 171 Å². The Morgan fingerprint density at radius 3 is 2.70 bits per heavy atom. The lowest BCUT2D eigenvalue weighted by Crippen LogP contribution is -2.09. The number of pyridine rings is 1. The van der Waals surface area contributed by atoms with Crippen LogP contribution in [0.25, 0.3) is 33.2 Å². The number of aryl methyl sites for hydroxylation is 1. The average molecular weight is 432 g/mol. The smallest absolute Gasteiger partial charge is 0.401 e. The van der Waals surface area contributed by atoms with E-state index in [9.17, 15) is 18.0 Å². The molecule has 4 rings (SSSR count). The van der Waals surface area contributed by atoms with Gasteiger partial charge in [0.15, 0.2) is 17.2 Å². The topological polar surface area (TPSA) is 78.2 Å². The molecule has 1 aromatic carbocycles. The van der Waals surface area contributed by atoms with Crippen LogP contribution in [0.3, 0.4) is 0 Å². The molecule has 3 aromatic heterocycles. The van der Waals surface area contributed by atoms with E-state index in [0.29, 0.717) is 11.6 Å². The number of benzene rings is 1. The number of rotatable bonds is 2. The molecular formula is C19H9ClF3N5O2. The summed E-state index contributed by atoms with van der Waals surface area (Å²) in [5, 5.41) is 3.63. The van der Waals surface area contributed by atoms with Gasteiger partial charge in [-0.25, -0.2) is 24.3 Å². The normalized spacial score (nSPS) is 11.6. The van der Waals surface area contributed by atoms with Gasteiger partial charge in [0.05, 0.1) is 22.5 Å². The number of aromatic nitrogens is 4. The van der Waals surface area contributed by atoms with E-state index in [0.717, 1.165) is 4.68 Å². The first-order valence-electron chi connectivity index (χ1n) is 8.30. The largest absolute Gasteiger partial charge is 0.435 e. The fourth-order valence-corrected chi connectivity index (χ4v) is 3.07. The zero-order chi connectivity index (χ0) is 21.6. The number of hydrogen-bond donors (Lipinski definition) is 0. The molecule has 0 saturated carbocycles. The van der Waals surface area contributed by atoms with Crippen LogP contribution in [0.1, 0.15) is 11.3 Å². The first-order chi connectivity index (χ1) is 14.2. The van der Waals surface area contributed by atoms with Crippen LogP contribution in [-0.2, 0) is 6.18 Å². The summed E-state index contributed by atoms with van der Waals surface area (Å²) in [6.07, 6.45) is -3.43. The molecule has 150 valence electrons. The minimum Gasteiger partial charge on any atom is -0.401 e. The maximum Gasteiger partial charge on any atom is 0.435 e. The van der Waals surface area contributed by atoms with Crippen molar-refractivity contribution in [3.8, 4) is 17.4 Å². The molecule has 0 spiro atoms.